The molecule has 0 aliphatic rings. The van der Waals surface area contributed by atoms with E-state index in [0.29, 0.717) is 28.2 Å². The van der Waals surface area contributed by atoms with Gasteiger partial charge in [0.05, 0.1) is 5.69 Å². The van der Waals surface area contributed by atoms with Crippen molar-refractivity contribution in [1.82, 2.24) is 24.1 Å². The van der Waals surface area contributed by atoms with Crippen LogP contribution in [-0.4, -0.2) is 24.1 Å². The third-order valence-corrected chi connectivity index (χ3v) is 4.21. The average molecular weight is 302 g/mol. The van der Waals surface area contributed by atoms with Gasteiger partial charge in [-0.1, -0.05) is 17.8 Å². The molecule has 0 radical (unpaired) electrons. The second-order valence-electron chi connectivity index (χ2n) is 4.66. The van der Waals surface area contributed by atoms with E-state index in [9.17, 15) is 4.79 Å². The van der Waals surface area contributed by atoms with Crippen molar-refractivity contribution in [2.24, 2.45) is 7.05 Å². The van der Waals surface area contributed by atoms with Crippen LogP contribution in [0.5, 0.6) is 0 Å². The second kappa shape index (κ2) is 5.21. The van der Waals surface area contributed by atoms with Gasteiger partial charge < -0.3 is 5.73 Å². The first-order chi connectivity index (χ1) is 10.1. The van der Waals surface area contributed by atoms with Crippen molar-refractivity contribution in [1.29, 1.82) is 0 Å². The lowest BCUT2D eigenvalue weighted by molar-refractivity contribution is 0.795. The molecule has 7 nitrogen and oxygen atoms in total. The van der Waals surface area contributed by atoms with Crippen LogP contribution in [-0.2, 0) is 12.8 Å². The summed E-state index contributed by atoms with van der Waals surface area (Å²) in [6, 6.07) is 5.31. The molecule has 3 aromatic heterocycles. The number of anilines is 1. The Morgan fingerprint density at radius 2 is 2.19 bits per heavy atom. The number of aryl methyl sites for hydroxylation is 1. The highest BCUT2D eigenvalue weighted by Crippen LogP contribution is 2.20. The molecule has 0 atom stereocenters. The molecule has 0 aliphatic carbocycles. The molecule has 0 amide bonds. The van der Waals surface area contributed by atoms with E-state index in [1.54, 1.807) is 28.3 Å². The Labute approximate surface area is 124 Å². The van der Waals surface area contributed by atoms with Gasteiger partial charge in [-0.3, -0.25) is 13.8 Å². The van der Waals surface area contributed by atoms with Gasteiger partial charge in [-0.2, -0.15) is 0 Å². The van der Waals surface area contributed by atoms with Gasteiger partial charge in [-0.15, -0.1) is 10.2 Å². The maximum Gasteiger partial charge on any atom is 0.258 e. The van der Waals surface area contributed by atoms with Crippen LogP contribution in [0.2, 0.25) is 0 Å². The number of nitrogen functional groups attached to an aromatic ring is 1. The zero-order valence-electron chi connectivity index (χ0n) is 11.6. The van der Waals surface area contributed by atoms with Crippen molar-refractivity contribution < 1.29 is 0 Å². The number of hydrogen-bond acceptors (Lipinski definition) is 6. The fourth-order valence-electron chi connectivity index (χ4n) is 1.97. The van der Waals surface area contributed by atoms with Gasteiger partial charge in [-0.25, -0.2) is 4.98 Å². The normalized spacial score (nSPS) is 11.1. The zero-order valence-corrected chi connectivity index (χ0v) is 12.5. The zero-order chi connectivity index (χ0) is 15.0. The standard InChI is InChI=1S/C13H14N6OS/c1-8-4-3-5-19-10(20)6-9(15-11(8)19)7-21-13-17-16-12(14)18(13)2/h3-6H,7H2,1-2H3,(H2,14,16). The Bertz CT molecular complexity index is 869. The second-order valence-corrected chi connectivity index (χ2v) is 5.60. The first kappa shape index (κ1) is 13.6. The number of nitrogens with zero attached hydrogens (tertiary/aromatic N) is 5. The Balaban J connectivity index is 1.93. The fraction of sp³-hybridized carbons (Fsp3) is 0.231. The van der Waals surface area contributed by atoms with Gasteiger partial charge in [0.2, 0.25) is 5.95 Å². The molecule has 3 heterocycles. The third kappa shape index (κ3) is 2.49. The van der Waals surface area contributed by atoms with Crippen molar-refractivity contribution in [3.8, 4) is 0 Å². The minimum absolute atomic E-state index is 0.0863. The van der Waals surface area contributed by atoms with Gasteiger partial charge in [0, 0.05) is 25.1 Å². The SMILES string of the molecule is Cc1cccn2c(=O)cc(CSc3nnc(N)n3C)nc12. The molecule has 3 aromatic rings. The Kier molecular flexibility index (Phi) is 3.38. The number of nitrogens with two attached hydrogens (primary N) is 1. The van der Waals surface area contributed by atoms with E-state index < -0.39 is 0 Å². The maximum atomic E-state index is 12.1. The summed E-state index contributed by atoms with van der Waals surface area (Å²) in [5, 5.41) is 8.46. The van der Waals surface area contributed by atoms with Gasteiger partial charge in [-0.05, 0) is 18.6 Å². The van der Waals surface area contributed by atoms with E-state index in [1.807, 2.05) is 19.1 Å². The lowest BCUT2D eigenvalue weighted by atomic mass is 10.3. The molecule has 0 aliphatic heterocycles. The van der Waals surface area contributed by atoms with E-state index in [0.717, 1.165) is 5.56 Å². The lowest BCUT2D eigenvalue weighted by Crippen LogP contribution is -2.15. The van der Waals surface area contributed by atoms with Gasteiger partial charge in [0.25, 0.3) is 5.56 Å². The smallest absolute Gasteiger partial charge is 0.258 e. The van der Waals surface area contributed by atoms with E-state index in [2.05, 4.69) is 15.2 Å². The van der Waals surface area contributed by atoms with Crippen molar-refractivity contribution in [2.75, 3.05) is 5.73 Å². The molecule has 0 saturated carbocycles. The largest absolute Gasteiger partial charge is 0.368 e. The summed E-state index contributed by atoms with van der Waals surface area (Å²) in [6.07, 6.45) is 1.72. The molecule has 108 valence electrons. The summed E-state index contributed by atoms with van der Waals surface area (Å²) in [6.45, 7) is 1.93. The molecule has 0 bridgehead atoms. The molecule has 21 heavy (non-hydrogen) atoms. The number of pyridine rings is 1. The highest BCUT2D eigenvalue weighted by atomic mass is 32.2. The molecular formula is C13H14N6OS. The van der Waals surface area contributed by atoms with Crippen LogP contribution in [0.15, 0.2) is 34.3 Å². The molecule has 0 fully saturated rings. The first-order valence-corrected chi connectivity index (χ1v) is 7.30. The van der Waals surface area contributed by atoms with Crippen molar-refractivity contribution in [3.63, 3.8) is 0 Å². The molecule has 2 N–H and O–H groups in total. The monoisotopic (exact) mass is 302 g/mol. The summed E-state index contributed by atoms with van der Waals surface area (Å²) >= 11 is 1.44. The summed E-state index contributed by atoms with van der Waals surface area (Å²) in [7, 11) is 1.80. The molecule has 0 saturated heterocycles. The molecule has 8 heteroatoms. The van der Waals surface area contributed by atoms with Gasteiger partial charge in [0.15, 0.2) is 5.16 Å². The number of rotatable bonds is 3. The highest BCUT2D eigenvalue weighted by Gasteiger charge is 2.09. The first-order valence-electron chi connectivity index (χ1n) is 6.32. The van der Waals surface area contributed by atoms with E-state index in [1.165, 1.54) is 11.8 Å². The number of fused-ring (bicyclic) bond motifs is 1. The van der Waals surface area contributed by atoms with Crippen LogP contribution in [0.25, 0.3) is 5.65 Å². The number of thioether (sulfide) groups is 1. The fourth-order valence-corrected chi connectivity index (χ4v) is 2.78. The molecule has 0 unspecified atom stereocenters. The number of hydrogen-bond donors (Lipinski definition) is 1. The quantitative estimate of drug-likeness (QED) is 0.726. The van der Waals surface area contributed by atoms with Gasteiger partial charge in [0.1, 0.15) is 5.65 Å². The Morgan fingerprint density at radius 1 is 1.38 bits per heavy atom. The summed E-state index contributed by atoms with van der Waals surface area (Å²) in [5.74, 6) is 0.895. The van der Waals surface area contributed by atoms with Crippen molar-refractivity contribution in [3.05, 3.63) is 46.0 Å². The number of aromatic nitrogens is 5. The van der Waals surface area contributed by atoms with Crippen LogP contribution in [0.3, 0.4) is 0 Å². The van der Waals surface area contributed by atoms with Crippen molar-refractivity contribution >= 4 is 23.4 Å². The van der Waals surface area contributed by atoms with Crippen LogP contribution >= 0.6 is 11.8 Å². The predicted octanol–water partition coefficient (Wildman–Crippen LogP) is 1.01. The van der Waals surface area contributed by atoms with Crippen LogP contribution in [0.1, 0.15) is 11.3 Å². The molecular weight excluding hydrogens is 288 g/mol. The lowest BCUT2D eigenvalue weighted by Gasteiger charge is -2.06. The third-order valence-electron chi connectivity index (χ3n) is 3.16. The van der Waals surface area contributed by atoms with Crippen molar-refractivity contribution in [2.45, 2.75) is 17.8 Å². The summed E-state index contributed by atoms with van der Waals surface area (Å²) < 4.78 is 3.24. The molecule has 0 spiro atoms. The summed E-state index contributed by atoms with van der Waals surface area (Å²) in [5.41, 5.74) is 7.90. The Hall–Kier alpha value is -2.35. The van der Waals surface area contributed by atoms with E-state index in [-0.39, 0.29) is 5.56 Å². The predicted molar refractivity (Wildman–Crippen MR) is 81.2 cm³/mol. The van der Waals surface area contributed by atoms with E-state index >= 15 is 0 Å². The van der Waals surface area contributed by atoms with Crippen LogP contribution in [0.4, 0.5) is 5.95 Å². The average Bonchev–Trinajstić information content (AvgIpc) is 2.78. The highest BCUT2D eigenvalue weighted by molar-refractivity contribution is 7.98. The molecule has 0 aromatic carbocycles. The van der Waals surface area contributed by atoms with Crippen LogP contribution < -0.4 is 11.3 Å². The summed E-state index contributed by atoms with van der Waals surface area (Å²) in [4.78, 5) is 16.6. The maximum absolute atomic E-state index is 12.1. The van der Waals surface area contributed by atoms with Gasteiger partial charge >= 0.3 is 0 Å². The minimum Gasteiger partial charge on any atom is -0.368 e. The Morgan fingerprint density at radius 3 is 2.90 bits per heavy atom. The topological polar surface area (TPSA) is 91.1 Å². The molecule has 3 rings (SSSR count). The van der Waals surface area contributed by atoms with E-state index in [4.69, 9.17) is 5.73 Å². The minimum atomic E-state index is -0.0863. The van der Waals surface area contributed by atoms with Crippen LogP contribution in [0, 0.1) is 6.92 Å².